The van der Waals surface area contributed by atoms with Crippen LogP contribution in [0.3, 0.4) is 0 Å². The summed E-state index contributed by atoms with van der Waals surface area (Å²) < 4.78 is 6.47. The first-order valence-corrected chi connectivity index (χ1v) is 13.5. The molecule has 0 saturated carbocycles. The van der Waals surface area contributed by atoms with E-state index in [2.05, 4.69) is 120 Å². The highest BCUT2D eigenvalue weighted by Gasteiger charge is 2.17. The van der Waals surface area contributed by atoms with Crippen molar-refractivity contribution in [3.8, 4) is 11.5 Å². The van der Waals surface area contributed by atoms with Gasteiger partial charge in [0.15, 0.2) is 5.58 Å². The van der Waals surface area contributed by atoms with E-state index < -0.39 is 0 Å². The molecule has 8 aromatic rings. The third kappa shape index (κ3) is 3.71. The lowest BCUT2D eigenvalue weighted by atomic mass is 10.00. The molecule has 1 aromatic heterocycles. The molecule has 0 saturated heterocycles. The molecule has 188 valence electrons. The van der Waals surface area contributed by atoms with Crippen molar-refractivity contribution in [3.63, 3.8) is 0 Å². The van der Waals surface area contributed by atoms with Crippen LogP contribution in [0.2, 0.25) is 0 Å². The quantitative estimate of drug-likeness (QED) is 0.220. The molecule has 0 amide bonds. The predicted octanol–water partition coefficient (Wildman–Crippen LogP) is 10.4. The van der Waals surface area contributed by atoms with Crippen LogP contribution in [0.5, 0.6) is 0 Å². The Morgan fingerprint density at radius 2 is 1.10 bits per heavy atom. The first-order chi connectivity index (χ1) is 19.8. The Bertz CT molecular complexity index is 2160. The zero-order valence-corrected chi connectivity index (χ0v) is 21.7. The second-order valence-corrected chi connectivity index (χ2v) is 10.1. The highest BCUT2D eigenvalue weighted by Crippen LogP contribution is 2.40. The molecule has 0 spiro atoms. The summed E-state index contributed by atoms with van der Waals surface area (Å²) in [5.74, 6) is 0.637. The second-order valence-electron chi connectivity index (χ2n) is 10.1. The Kier molecular flexibility index (Phi) is 5.14. The van der Waals surface area contributed by atoms with Gasteiger partial charge in [0, 0.05) is 28.0 Å². The number of rotatable bonds is 4. The minimum Gasteiger partial charge on any atom is -0.435 e. The summed E-state index contributed by atoms with van der Waals surface area (Å²) in [4.78, 5) is 7.16. The highest BCUT2D eigenvalue weighted by molar-refractivity contribution is 6.18. The molecule has 3 heteroatoms. The lowest BCUT2D eigenvalue weighted by Crippen LogP contribution is -2.09. The van der Waals surface area contributed by atoms with Gasteiger partial charge in [-0.05, 0) is 81.5 Å². The van der Waals surface area contributed by atoms with Crippen LogP contribution in [-0.2, 0) is 0 Å². The van der Waals surface area contributed by atoms with Crippen molar-refractivity contribution < 1.29 is 4.42 Å². The molecule has 0 fully saturated rings. The van der Waals surface area contributed by atoms with Crippen molar-refractivity contribution >= 4 is 60.5 Å². The van der Waals surface area contributed by atoms with E-state index in [1.165, 1.54) is 10.8 Å². The number of hydrogen-bond acceptors (Lipinski definition) is 3. The first kappa shape index (κ1) is 22.6. The van der Waals surface area contributed by atoms with Crippen molar-refractivity contribution in [2.24, 2.45) is 0 Å². The van der Waals surface area contributed by atoms with Crippen molar-refractivity contribution in [1.82, 2.24) is 4.98 Å². The Hall–Kier alpha value is -5.41. The largest absolute Gasteiger partial charge is 0.435 e. The molecule has 0 unspecified atom stereocenters. The molecule has 40 heavy (non-hydrogen) atoms. The van der Waals surface area contributed by atoms with Crippen molar-refractivity contribution in [1.29, 1.82) is 0 Å². The van der Waals surface area contributed by atoms with Gasteiger partial charge in [-0.3, -0.25) is 0 Å². The lowest BCUT2D eigenvalue weighted by Gasteiger charge is -2.26. The number of nitrogens with zero attached hydrogens (tertiary/aromatic N) is 2. The van der Waals surface area contributed by atoms with Crippen LogP contribution < -0.4 is 4.90 Å². The zero-order valence-electron chi connectivity index (χ0n) is 21.7. The third-order valence-corrected chi connectivity index (χ3v) is 7.62. The fourth-order valence-corrected chi connectivity index (χ4v) is 5.69. The average molecular weight is 513 g/mol. The standard InChI is InChI=1S/C37H24N2O/c1-3-10-28(11-4-1)37-38-34-22-19-27-16-15-26-18-21-32(24-33(26)35(27)36(34)40-37)39(30-13-5-2-6-14-30)31-20-17-25-9-7-8-12-29(25)23-31/h1-24H. The Labute approximate surface area is 231 Å². The normalized spacial score (nSPS) is 11.5. The molecule has 3 nitrogen and oxygen atoms in total. The molecule has 8 rings (SSSR count). The maximum absolute atomic E-state index is 6.47. The van der Waals surface area contributed by atoms with E-state index in [9.17, 15) is 0 Å². The molecule has 0 aliphatic rings. The number of aromatic nitrogens is 1. The Balaban J connectivity index is 1.38. The van der Waals surface area contributed by atoms with Gasteiger partial charge in [0.1, 0.15) is 5.52 Å². The molecular weight excluding hydrogens is 488 g/mol. The van der Waals surface area contributed by atoms with E-state index >= 15 is 0 Å². The minimum atomic E-state index is 0.637. The topological polar surface area (TPSA) is 29.3 Å². The van der Waals surface area contributed by atoms with Crippen LogP contribution >= 0.6 is 0 Å². The first-order valence-electron chi connectivity index (χ1n) is 13.5. The molecule has 1 heterocycles. The fraction of sp³-hybridized carbons (Fsp3) is 0. The van der Waals surface area contributed by atoms with E-state index in [1.807, 2.05) is 30.3 Å². The summed E-state index contributed by atoms with van der Waals surface area (Å²) in [5.41, 5.74) is 5.95. The van der Waals surface area contributed by atoms with E-state index in [-0.39, 0.29) is 0 Å². The van der Waals surface area contributed by atoms with Crippen LogP contribution in [0, 0.1) is 0 Å². The molecule has 0 N–H and O–H groups in total. The third-order valence-electron chi connectivity index (χ3n) is 7.62. The number of oxazole rings is 1. The molecule has 0 aliphatic carbocycles. The molecule has 0 aliphatic heterocycles. The van der Waals surface area contributed by atoms with E-state index in [0.717, 1.165) is 55.3 Å². The van der Waals surface area contributed by atoms with Crippen LogP contribution in [0.4, 0.5) is 17.1 Å². The monoisotopic (exact) mass is 512 g/mol. The average Bonchev–Trinajstić information content (AvgIpc) is 3.47. The minimum absolute atomic E-state index is 0.637. The summed E-state index contributed by atoms with van der Waals surface area (Å²) in [5, 5.41) is 6.95. The molecule has 0 bridgehead atoms. The number of anilines is 3. The summed E-state index contributed by atoms with van der Waals surface area (Å²) in [7, 11) is 0. The second kappa shape index (κ2) is 9.11. The van der Waals surface area contributed by atoms with Crippen molar-refractivity contribution in [3.05, 3.63) is 146 Å². The summed E-state index contributed by atoms with van der Waals surface area (Å²) >= 11 is 0. The summed E-state index contributed by atoms with van der Waals surface area (Å²) in [6, 6.07) is 51.0. The smallest absolute Gasteiger partial charge is 0.227 e. The number of fused-ring (bicyclic) bond motifs is 6. The van der Waals surface area contributed by atoms with Gasteiger partial charge in [-0.1, -0.05) is 91.0 Å². The molecular formula is C37H24N2O. The highest BCUT2D eigenvalue weighted by atomic mass is 16.3. The van der Waals surface area contributed by atoms with Gasteiger partial charge in [0.05, 0.1) is 0 Å². The van der Waals surface area contributed by atoms with Crippen molar-refractivity contribution in [2.45, 2.75) is 0 Å². The molecule has 7 aromatic carbocycles. The van der Waals surface area contributed by atoms with Gasteiger partial charge < -0.3 is 9.32 Å². The van der Waals surface area contributed by atoms with E-state index in [0.29, 0.717) is 5.89 Å². The maximum atomic E-state index is 6.47. The van der Waals surface area contributed by atoms with E-state index in [4.69, 9.17) is 9.40 Å². The molecule has 0 radical (unpaired) electrons. The van der Waals surface area contributed by atoms with Crippen LogP contribution in [-0.4, -0.2) is 4.98 Å². The van der Waals surface area contributed by atoms with Crippen LogP contribution in [0.25, 0.3) is 54.9 Å². The number of para-hydroxylation sites is 1. The fourth-order valence-electron chi connectivity index (χ4n) is 5.69. The number of hydrogen-bond donors (Lipinski definition) is 0. The summed E-state index contributed by atoms with van der Waals surface area (Å²) in [6.45, 7) is 0. The Morgan fingerprint density at radius 1 is 0.475 bits per heavy atom. The van der Waals surface area contributed by atoms with Gasteiger partial charge >= 0.3 is 0 Å². The van der Waals surface area contributed by atoms with Crippen molar-refractivity contribution in [2.75, 3.05) is 4.90 Å². The predicted molar refractivity (Wildman–Crippen MR) is 167 cm³/mol. The van der Waals surface area contributed by atoms with Crippen LogP contribution in [0.15, 0.2) is 150 Å². The molecule has 0 atom stereocenters. The Morgan fingerprint density at radius 3 is 1.93 bits per heavy atom. The summed E-state index contributed by atoms with van der Waals surface area (Å²) in [6.07, 6.45) is 0. The van der Waals surface area contributed by atoms with Crippen LogP contribution in [0.1, 0.15) is 0 Å². The van der Waals surface area contributed by atoms with Gasteiger partial charge in [0.25, 0.3) is 0 Å². The zero-order chi connectivity index (χ0) is 26.5. The van der Waals surface area contributed by atoms with Gasteiger partial charge in [-0.2, -0.15) is 0 Å². The van der Waals surface area contributed by atoms with E-state index in [1.54, 1.807) is 0 Å². The van der Waals surface area contributed by atoms with Gasteiger partial charge in [-0.15, -0.1) is 0 Å². The lowest BCUT2D eigenvalue weighted by molar-refractivity contribution is 0.623. The van der Waals surface area contributed by atoms with Gasteiger partial charge in [0.2, 0.25) is 5.89 Å². The maximum Gasteiger partial charge on any atom is 0.227 e. The SMILES string of the molecule is c1ccc(-c2nc3ccc4ccc5ccc(N(c6ccccc6)c6ccc7ccccc7c6)cc5c4c3o2)cc1. The number of benzene rings is 7. The van der Waals surface area contributed by atoms with Gasteiger partial charge in [-0.25, -0.2) is 4.98 Å².